The topological polar surface area (TPSA) is 42.0 Å². The fourth-order valence-electron chi connectivity index (χ4n) is 1.33. The van der Waals surface area contributed by atoms with E-state index in [1.165, 1.54) is 17.4 Å². The van der Waals surface area contributed by atoms with Gasteiger partial charge >= 0.3 is 0 Å². The monoisotopic (exact) mass is 278 g/mol. The zero-order valence-corrected chi connectivity index (χ0v) is 11.0. The van der Waals surface area contributed by atoms with Crippen LogP contribution >= 0.6 is 22.9 Å². The van der Waals surface area contributed by atoms with Gasteiger partial charge in [0.05, 0.1) is 10.9 Å². The summed E-state index contributed by atoms with van der Waals surface area (Å²) in [7, 11) is 0. The highest BCUT2D eigenvalue weighted by Gasteiger charge is 1.99. The molecule has 0 radical (unpaired) electrons. The number of amides is 1. The quantitative estimate of drug-likeness (QED) is 0.873. The third-order valence-electron chi connectivity index (χ3n) is 2.20. The number of hydrogen-bond acceptors (Lipinski definition) is 3. The van der Waals surface area contributed by atoms with E-state index in [9.17, 15) is 4.79 Å². The maximum absolute atomic E-state index is 11.6. The van der Waals surface area contributed by atoms with E-state index < -0.39 is 0 Å². The van der Waals surface area contributed by atoms with Gasteiger partial charge in [-0.15, -0.1) is 11.3 Å². The van der Waals surface area contributed by atoms with Crippen molar-refractivity contribution in [1.82, 2.24) is 10.3 Å². The second kappa shape index (κ2) is 6.33. The van der Waals surface area contributed by atoms with Crippen LogP contribution in [0.4, 0.5) is 0 Å². The van der Waals surface area contributed by atoms with Crippen molar-refractivity contribution < 1.29 is 4.79 Å². The number of nitrogens with one attached hydrogen (secondary N) is 1. The maximum atomic E-state index is 11.6. The molecule has 2 aromatic heterocycles. The average molecular weight is 279 g/mol. The van der Waals surface area contributed by atoms with Gasteiger partial charge in [-0.2, -0.15) is 0 Å². The van der Waals surface area contributed by atoms with Crippen LogP contribution < -0.4 is 5.32 Å². The first kappa shape index (κ1) is 12.8. The summed E-state index contributed by atoms with van der Waals surface area (Å²) in [5.41, 5.74) is 0.944. The molecule has 0 spiro atoms. The number of pyridine rings is 1. The van der Waals surface area contributed by atoms with Crippen molar-refractivity contribution >= 4 is 34.9 Å². The normalized spacial score (nSPS) is 10.7. The van der Waals surface area contributed by atoms with E-state index in [1.54, 1.807) is 18.5 Å². The number of nitrogens with zero attached hydrogens (tertiary/aromatic N) is 1. The molecule has 92 valence electrons. The second-order valence-corrected chi connectivity index (χ2v) is 5.34. The molecule has 2 heterocycles. The minimum atomic E-state index is -0.128. The molecule has 1 amide bonds. The molecule has 0 saturated heterocycles. The van der Waals surface area contributed by atoms with Crippen molar-refractivity contribution in [3.63, 3.8) is 0 Å². The van der Waals surface area contributed by atoms with Crippen molar-refractivity contribution in [2.24, 2.45) is 0 Å². The number of hydrogen-bond donors (Lipinski definition) is 1. The summed E-state index contributed by atoms with van der Waals surface area (Å²) < 4.78 is 0.728. The van der Waals surface area contributed by atoms with Gasteiger partial charge in [0.1, 0.15) is 0 Å². The second-order valence-electron chi connectivity index (χ2n) is 3.54. The van der Waals surface area contributed by atoms with E-state index in [-0.39, 0.29) is 5.91 Å². The highest BCUT2D eigenvalue weighted by Crippen LogP contribution is 2.20. The predicted octanol–water partition coefficient (Wildman–Crippen LogP) is 3.13. The average Bonchev–Trinajstić information content (AvgIpc) is 2.81. The maximum Gasteiger partial charge on any atom is 0.244 e. The molecule has 0 aliphatic carbocycles. The number of halogens is 1. The molecular formula is C13H11ClN2OS. The smallest absolute Gasteiger partial charge is 0.244 e. The summed E-state index contributed by atoms with van der Waals surface area (Å²) in [4.78, 5) is 16.5. The van der Waals surface area contributed by atoms with Gasteiger partial charge in [-0.05, 0) is 35.9 Å². The molecule has 0 bridgehead atoms. The molecule has 0 unspecified atom stereocenters. The van der Waals surface area contributed by atoms with Crippen LogP contribution in [0.2, 0.25) is 4.34 Å². The fourth-order valence-corrected chi connectivity index (χ4v) is 2.35. The van der Waals surface area contributed by atoms with Gasteiger partial charge in [-0.1, -0.05) is 11.6 Å². The molecule has 3 nitrogen and oxygen atoms in total. The van der Waals surface area contributed by atoms with Gasteiger partial charge in [-0.3, -0.25) is 9.78 Å². The summed E-state index contributed by atoms with van der Waals surface area (Å²) in [6.45, 7) is 0.497. The Morgan fingerprint density at radius 3 is 2.78 bits per heavy atom. The lowest BCUT2D eigenvalue weighted by atomic mass is 10.2. The summed E-state index contributed by atoms with van der Waals surface area (Å²) in [5, 5.41) is 2.79. The zero-order valence-electron chi connectivity index (χ0n) is 9.47. The molecule has 0 aliphatic rings. The fraction of sp³-hybridized carbons (Fsp3) is 0.0769. The van der Waals surface area contributed by atoms with E-state index in [2.05, 4.69) is 10.3 Å². The minimum absolute atomic E-state index is 0.128. The van der Waals surface area contributed by atoms with Gasteiger partial charge in [0, 0.05) is 23.3 Å². The van der Waals surface area contributed by atoms with E-state index in [1.807, 2.05) is 24.3 Å². The number of aromatic nitrogens is 1. The summed E-state index contributed by atoms with van der Waals surface area (Å²) in [6, 6.07) is 7.39. The van der Waals surface area contributed by atoms with Crippen LogP contribution in [0.3, 0.4) is 0 Å². The number of rotatable bonds is 4. The van der Waals surface area contributed by atoms with Crippen LogP contribution in [0.1, 0.15) is 10.4 Å². The molecular weight excluding hydrogens is 268 g/mol. The van der Waals surface area contributed by atoms with Gasteiger partial charge in [0.15, 0.2) is 0 Å². The Bertz CT molecular complexity index is 551. The van der Waals surface area contributed by atoms with Crippen LogP contribution in [0.25, 0.3) is 6.08 Å². The predicted molar refractivity (Wildman–Crippen MR) is 74.4 cm³/mol. The van der Waals surface area contributed by atoms with E-state index in [0.29, 0.717) is 6.54 Å². The lowest BCUT2D eigenvalue weighted by Gasteiger charge is -1.98. The van der Waals surface area contributed by atoms with Crippen LogP contribution in [-0.2, 0) is 11.3 Å². The van der Waals surface area contributed by atoms with E-state index in [4.69, 9.17) is 11.6 Å². The molecule has 0 fully saturated rings. The van der Waals surface area contributed by atoms with Crippen LogP contribution in [-0.4, -0.2) is 10.9 Å². The molecule has 2 rings (SSSR count). The van der Waals surface area contributed by atoms with Crippen molar-refractivity contribution in [2.45, 2.75) is 6.54 Å². The molecule has 5 heteroatoms. The SMILES string of the molecule is O=C(/C=C/c1ccncc1)NCc1ccc(Cl)s1. The molecule has 0 atom stereocenters. The number of carbonyl (C=O) groups is 1. The summed E-state index contributed by atoms with van der Waals surface area (Å²) >= 11 is 7.27. The molecule has 0 aliphatic heterocycles. The van der Waals surface area contributed by atoms with Gasteiger partial charge in [0.25, 0.3) is 0 Å². The third kappa shape index (κ3) is 3.98. The van der Waals surface area contributed by atoms with Gasteiger partial charge in [-0.25, -0.2) is 0 Å². The Balaban J connectivity index is 1.84. The highest BCUT2D eigenvalue weighted by molar-refractivity contribution is 7.16. The van der Waals surface area contributed by atoms with Crippen molar-refractivity contribution in [3.05, 3.63) is 57.5 Å². The Labute approximate surface area is 114 Å². The molecule has 0 aromatic carbocycles. The third-order valence-corrected chi connectivity index (χ3v) is 3.43. The van der Waals surface area contributed by atoms with Crippen molar-refractivity contribution in [2.75, 3.05) is 0 Å². The minimum Gasteiger partial charge on any atom is -0.348 e. The summed E-state index contributed by atoms with van der Waals surface area (Å²) in [5.74, 6) is -0.128. The molecule has 0 saturated carbocycles. The van der Waals surface area contributed by atoms with Crippen LogP contribution in [0.5, 0.6) is 0 Å². The first-order chi connectivity index (χ1) is 8.74. The highest BCUT2D eigenvalue weighted by atomic mass is 35.5. The van der Waals surface area contributed by atoms with Gasteiger partial charge in [0.2, 0.25) is 5.91 Å². The zero-order chi connectivity index (χ0) is 12.8. The first-order valence-corrected chi connectivity index (χ1v) is 6.53. The lowest BCUT2D eigenvalue weighted by Crippen LogP contribution is -2.19. The van der Waals surface area contributed by atoms with Crippen LogP contribution in [0, 0.1) is 0 Å². The van der Waals surface area contributed by atoms with E-state index >= 15 is 0 Å². The molecule has 1 N–H and O–H groups in total. The standard InChI is InChI=1S/C13H11ClN2OS/c14-12-3-2-11(18-12)9-16-13(17)4-1-10-5-7-15-8-6-10/h1-8H,9H2,(H,16,17)/b4-1+. The number of carbonyl (C=O) groups excluding carboxylic acids is 1. The molecule has 18 heavy (non-hydrogen) atoms. The summed E-state index contributed by atoms with van der Waals surface area (Å²) in [6.07, 6.45) is 6.62. The van der Waals surface area contributed by atoms with Crippen molar-refractivity contribution in [1.29, 1.82) is 0 Å². The van der Waals surface area contributed by atoms with Crippen LogP contribution in [0.15, 0.2) is 42.7 Å². The molecule has 2 aromatic rings. The Morgan fingerprint density at radius 2 is 2.11 bits per heavy atom. The lowest BCUT2D eigenvalue weighted by molar-refractivity contribution is -0.116. The first-order valence-electron chi connectivity index (χ1n) is 5.34. The largest absolute Gasteiger partial charge is 0.348 e. The van der Waals surface area contributed by atoms with Gasteiger partial charge < -0.3 is 5.32 Å². The Hall–Kier alpha value is -1.65. The Kier molecular flexibility index (Phi) is 4.50. The van der Waals surface area contributed by atoms with Crippen molar-refractivity contribution in [3.8, 4) is 0 Å². The van der Waals surface area contributed by atoms with E-state index in [0.717, 1.165) is 14.8 Å². The number of thiophene rings is 1. The Morgan fingerprint density at radius 1 is 1.33 bits per heavy atom.